The highest BCUT2D eigenvalue weighted by atomic mass is 35.5. The Morgan fingerprint density at radius 3 is 3.05 bits per heavy atom. The largest absolute Gasteiger partial charge is 0.355 e. The van der Waals surface area contributed by atoms with Gasteiger partial charge in [-0.1, -0.05) is 16.8 Å². The van der Waals surface area contributed by atoms with Crippen molar-refractivity contribution in [3.05, 3.63) is 33.2 Å². The first-order valence-corrected chi connectivity index (χ1v) is 6.81. The summed E-state index contributed by atoms with van der Waals surface area (Å²) in [4.78, 5) is 16.3. The van der Waals surface area contributed by atoms with Crippen LogP contribution in [-0.2, 0) is 0 Å². The molecule has 21 heavy (non-hydrogen) atoms. The minimum Gasteiger partial charge on any atom is -0.355 e. The van der Waals surface area contributed by atoms with Gasteiger partial charge in [0.15, 0.2) is 5.82 Å². The van der Waals surface area contributed by atoms with Crippen LogP contribution in [0.15, 0.2) is 12.3 Å². The number of H-pyrrole nitrogens is 1. The van der Waals surface area contributed by atoms with Crippen molar-refractivity contribution in [3.63, 3.8) is 0 Å². The number of hydrogen-bond acceptors (Lipinski definition) is 7. The first-order chi connectivity index (χ1) is 10.1. The first-order valence-electron chi connectivity index (χ1n) is 6.43. The summed E-state index contributed by atoms with van der Waals surface area (Å²) in [5.74, 6) is 1.36. The summed E-state index contributed by atoms with van der Waals surface area (Å²) >= 11 is 6.12. The average molecular weight is 310 g/mol. The van der Waals surface area contributed by atoms with Gasteiger partial charge in [0.2, 0.25) is 0 Å². The second kappa shape index (κ2) is 5.60. The van der Waals surface area contributed by atoms with Crippen molar-refractivity contribution in [2.75, 3.05) is 18.0 Å². The number of tetrazole rings is 1. The van der Waals surface area contributed by atoms with E-state index in [-0.39, 0.29) is 16.6 Å². The molecular formula is C11H12ClN7O2. The summed E-state index contributed by atoms with van der Waals surface area (Å²) in [7, 11) is 0. The lowest BCUT2D eigenvalue weighted by Crippen LogP contribution is -2.35. The van der Waals surface area contributed by atoms with Gasteiger partial charge in [-0.3, -0.25) is 10.1 Å². The van der Waals surface area contributed by atoms with Crippen LogP contribution >= 0.6 is 11.6 Å². The number of nitrogens with one attached hydrogen (secondary N) is 1. The van der Waals surface area contributed by atoms with Crippen molar-refractivity contribution >= 4 is 23.1 Å². The Morgan fingerprint density at radius 2 is 2.38 bits per heavy atom. The van der Waals surface area contributed by atoms with E-state index >= 15 is 0 Å². The van der Waals surface area contributed by atoms with Crippen LogP contribution in [0.3, 0.4) is 0 Å². The number of pyridine rings is 1. The van der Waals surface area contributed by atoms with Crippen LogP contribution < -0.4 is 4.90 Å². The van der Waals surface area contributed by atoms with Gasteiger partial charge in [-0.15, -0.1) is 10.2 Å². The SMILES string of the molecule is O=[N+]([O-])c1cnc(N2CCCC(c3nn[nH]n3)C2)c(Cl)c1. The molecule has 2 aromatic heterocycles. The second-order valence-corrected chi connectivity index (χ2v) is 5.22. The van der Waals surface area contributed by atoms with Crippen molar-refractivity contribution in [1.29, 1.82) is 0 Å². The maximum Gasteiger partial charge on any atom is 0.289 e. The summed E-state index contributed by atoms with van der Waals surface area (Å²) in [5.41, 5.74) is -0.115. The zero-order valence-corrected chi connectivity index (χ0v) is 11.7. The summed E-state index contributed by atoms with van der Waals surface area (Å²) in [5, 5.41) is 25.0. The number of piperidine rings is 1. The fourth-order valence-electron chi connectivity index (χ4n) is 2.48. The molecule has 1 N–H and O–H groups in total. The monoisotopic (exact) mass is 309 g/mol. The van der Waals surface area contributed by atoms with Crippen LogP contribution in [0, 0.1) is 10.1 Å². The fourth-order valence-corrected chi connectivity index (χ4v) is 2.76. The Bertz CT molecular complexity index is 648. The molecule has 1 saturated heterocycles. The maximum absolute atomic E-state index is 10.7. The molecule has 3 heterocycles. The number of anilines is 1. The molecule has 9 nitrogen and oxygen atoms in total. The highest BCUT2D eigenvalue weighted by Crippen LogP contribution is 2.32. The molecule has 0 aliphatic carbocycles. The van der Waals surface area contributed by atoms with Gasteiger partial charge in [0.25, 0.3) is 5.69 Å². The average Bonchev–Trinajstić information content (AvgIpc) is 3.01. The molecule has 1 atom stereocenters. The van der Waals surface area contributed by atoms with Gasteiger partial charge >= 0.3 is 0 Å². The van der Waals surface area contributed by atoms with Crippen molar-refractivity contribution in [2.24, 2.45) is 0 Å². The van der Waals surface area contributed by atoms with Crippen LogP contribution in [0.2, 0.25) is 5.02 Å². The summed E-state index contributed by atoms with van der Waals surface area (Å²) < 4.78 is 0. The fraction of sp³-hybridized carbons (Fsp3) is 0.455. The van der Waals surface area contributed by atoms with Crippen molar-refractivity contribution in [1.82, 2.24) is 25.6 Å². The minimum absolute atomic E-state index is 0.115. The molecule has 1 unspecified atom stereocenters. The van der Waals surface area contributed by atoms with Crippen LogP contribution in [0.25, 0.3) is 0 Å². The topological polar surface area (TPSA) is 114 Å². The summed E-state index contributed by atoms with van der Waals surface area (Å²) in [6.45, 7) is 1.45. The zero-order valence-electron chi connectivity index (χ0n) is 10.9. The zero-order chi connectivity index (χ0) is 14.8. The van der Waals surface area contributed by atoms with E-state index in [0.29, 0.717) is 18.2 Å². The Morgan fingerprint density at radius 1 is 1.52 bits per heavy atom. The standard InChI is InChI=1S/C11H12ClN7O2/c12-9-4-8(19(20)21)5-13-11(9)18-3-1-2-7(6-18)10-14-16-17-15-10/h4-5,7H,1-3,6H2,(H,14,15,16,17). The Balaban J connectivity index is 1.82. The van der Waals surface area contributed by atoms with E-state index in [1.54, 1.807) is 0 Å². The van der Waals surface area contributed by atoms with E-state index in [2.05, 4.69) is 25.6 Å². The van der Waals surface area contributed by atoms with Crippen LogP contribution in [0.1, 0.15) is 24.6 Å². The highest BCUT2D eigenvalue weighted by Gasteiger charge is 2.27. The van der Waals surface area contributed by atoms with Gasteiger partial charge in [-0.25, -0.2) is 4.98 Å². The lowest BCUT2D eigenvalue weighted by atomic mass is 9.97. The first kappa shape index (κ1) is 13.7. The molecule has 0 spiro atoms. The Kier molecular flexibility index (Phi) is 3.65. The van der Waals surface area contributed by atoms with E-state index in [4.69, 9.17) is 11.6 Å². The lowest BCUT2D eigenvalue weighted by Gasteiger charge is -2.32. The molecule has 1 fully saturated rings. The molecule has 0 bridgehead atoms. The molecule has 0 aromatic carbocycles. The summed E-state index contributed by atoms with van der Waals surface area (Å²) in [6, 6.07) is 1.32. The molecule has 10 heteroatoms. The second-order valence-electron chi connectivity index (χ2n) is 4.81. The third-order valence-electron chi connectivity index (χ3n) is 3.47. The number of nitrogens with zero attached hydrogens (tertiary/aromatic N) is 6. The quantitative estimate of drug-likeness (QED) is 0.675. The van der Waals surface area contributed by atoms with E-state index in [1.165, 1.54) is 12.3 Å². The number of hydrogen-bond donors (Lipinski definition) is 1. The molecular weight excluding hydrogens is 298 g/mol. The van der Waals surface area contributed by atoms with Crippen molar-refractivity contribution in [3.8, 4) is 0 Å². The van der Waals surface area contributed by atoms with E-state index in [0.717, 1.165) is 19.4 Å². The molecule has 3 rings (SSSR count). The lowest BCUT2D eigenvalue weighted by molar-refractivity contribution is -0.385. The number of halogens is 1. The maximum atomic E-state index is 10.7. The van der Waals surface area contributed by atoms with Gasteiger partial charge in [-0.2, -0.15) is 5.21 Å². The van der Waals surface area contributed by atoms with Crippen LogP contribution in [-0.4, -0.2) is 43.6 Å². The van der Waals surface area contributed by atoms with Gasteiger partial charge in [0, 0.05) is 25.1 Å². The molecule has 0 saturated carbocycles. The van der Waals surface area contributed by atoms with Crippen LogP contribution in [0.4, 0.5) is 11.5 Å². The number of aromatic nitrogens is 5. The molecule has 110 valence electrons. The van der Waals surface area contributed by atoms with E-state index < -0.39 is 4.92 Å². The Hall–Kier alpha value is -2.29. The van der Waals surface area contributed by atoms with Crippen molar-refractivity contribution < 1.29 is 4.92 Å². The van der Waals surface area contributed by atoms with Gasteiger partial charge in [0.1, 0.15) is 12.0 Å². The van der Waals surface area contributed by atoms with E-state index in [9.17, 15) is 10.1 Å². The summed E-state index contributed by atoms with van der Waals surface area (Å²) in [6.07, 6.45) is 3.12. The Labute approximate surface area is 124 Å². The number of nitro groups is 1. The van der Waals surface area contributed by atoms with Crippen LogP contribution in [0.5, 0.6) is 0 Å². The van der Waals surface area contributed by atoms with Crippen molar-refractivity contribution in [2.45, 2.75) is 18.8 Å². The molecule has 1 aliphatic heterocycles. The predicted octanol–water partition coefficient (Wildman–Crippen LogP) is 1.54. The van der Waals surface area contributed by atoms with Gasteiger partial charge < -0.3 is 4.90 Å². The number of aromatic amines is 1. The third kappa shape index (κ3) is 2.77. The number of rotatable bonds is 3. The highest BCUT2D eigenvalue weighted by molar-refractivity contribution is 6.33. The van der Waals surface area contributed by atoms with Gasteiger partial charge in [0.05, 0.1) is 9.95 Å². The minimum atomic E-state index is -0.513. The molecule has 1 aliphatic rings. The normalized spacial score (nSPS) is 18.7. The molecule has 2 aromatic rings. The van der Waals surface area contributed by atoms with E-state index in [1.807, 2.05) is 4.90 Å². The third-order valence-corrected chi connectivity index (χ3v) is 3.74. The molecule has 0 amide bonds. The van der Waals surface area contributed by atoms with Gasteiger partial charge in [-0.05, 0) is 12.8 Å². The smallest absolute Gasteiger partial charge is 0.289 e. The predicted molar refractivity (Wildman–Crippen MR) is 74.3 cm³/mol. The molecule has 0 radical (unpaired) electrons.